The van der Waals surface area contributed by atoms with Crippen molar-refractivity contribution in [1.29, 1.82) is 0 Å². The van der Waals surface area contributed by atoms with Gasteiger partial charge in [-0.25, -0.2) is 4.79 Å². The SMILES string of the molecule is CN(C(=O)OCCP(c1ccccc1)c1ccccc1)c1c(CO)cccc1CO.[B]. The molecule has 0 heterocycles. The van der Waals surface area contributed by atoms with Crippen LogP contribution in [0.1, 0.15) is 11.1 Å². The number of hydrogen-bond acceptors (Lipinski definition) is 4. The molecule has 3 aromatic carbocycles. The lowest BCUT2D eigenvalue weighted by Crippen LogP contribution is -2.30. The summed E-state index contributed by atoms with van der Waals surface area (Å²) >= 11 is 0. The molecule has 0 aromatic heterocycles. The summed E-state index contributed by atoms with van der Waals surface area (Å²) in [7, 11) is 0.941. The molecule has 0 saturated carbocycles. The third-order valence-corrected chi connectivity index (χ3v) is 7.30. The van der Waals surface area contributed by atoms with Gasteiger partial charge in [0.25, 0.3) is 0 Å². The molecule has 0 bridgehead atoms. The molecule has 0 unspecified atom stereocenters. The Morgan fingerprint density at radius 2 is 1.32 bits per heavy atom. The Bertz CT molecular complexity index is 895. The maximum Gasteiger partial charge on any atom is 0.414 e. The van der Waals surface area contributed by atoms with E-state index in [1.165, 1.54) is 15.5 Å². The van der Waals surface area contributed by atoms with Crippen molar-refractivity contribution in [2.75, 3.05) is 24.7 Å². The summed E-state index contributed by atoms with van der Waals surface area (Å²) in [5, 5.41) is 21.7. The lowest BCUT2D eigenvalue weighted by Gasteiger charge is -2.23. The van der Waals surface area contributed by atoms with Crippen LogP contribution in [0, 0.1) is 0 Å². The second-order valence-corrected chi connectivity index (χ2v) is 9.07. The highest BCUT2D eigenvalue weighted by atomic mass is 31.1. The molecule has 0 aliphatic rings. The summed E-state index contributed by atoms with van der Waals surface area (Å²) in [6, 6.07) is 25.7. The minimum Gasteiger partial charge on any atom is -0.449 e. The van der Waals surface area contributed by atoms with Crippen LogP contribution in [-0.2, 0) is 18.0 Å². The summed E-state index contributed by atoms with van der Waals surface area (Å²) in [4.78, 5) is 14.0. The van der Waals surface area contributed by atoms with Crippen LogP contribution in [0.4, 0.5) is 10.5 Å². The second-order valence-electron chi connectivity index (χ2n) is 6.74. The first-order chi connectivity index (χ1) is 14.7. The highest BCUT2D eigenvalue weighted by Gasteiger charge is 2.20. The fraction of sp³-hybridized carbons (Fsp3) is 0.208. The Hall–Kier alpha value is -2.66. The van der Waals surface area contributed by atoms with Crippen LogP contribution in [0.5, 0.6) is 0 Å². The zero-order valence-electron chi connectivity index (χ0n) is 17.5. The van der Waals surface area contributed by atoms with Gasteiger partial charge in [-0.2, -0.15) is 0 Å². The minimum absolute atomic E-state index is 0. The van der Waals surface area contributed by atoms with Gasteiger partial charge in [0.15, 0.2) is 0 Å². The average molecular weight is 434 g/mol. The van der Waals surface area contributed by atoms with E-state index in [1.54, 1.807) is 25.2 Å². The lowest BCUT2D eigenvalue weighted by atomic mass is 10.1. The third kappa shape index (κ3) is 6.17. The van der Waals surface area contributed by atoms with Gasteiger partial charge in [0, 0.05) is 32.7 Å². The largest absolute Gasteiger partial charge is 0.449 e. The molecular weight excluding hydrogens is 408 g/mol. The van der Waals surface area contributed by atoms with E-state index in [0.29, 0.717) is 23.0 Å². The molecule has 159 valence electrons. The van der Waals surface area contributed by atoms with Gasteiger partial charge in [-0.15, -0.1) is 0 Å². The van der Waals surface area contributed by atoms with E-state index in [2.05, 4.69) is 24.3 Å². The number of hydrogen-bond donors (Lipinski definition) is 2. The van der Waals surface area contributed by atoms with E-state index < -0.39 is 14.0 Å². The van der Waals surface area contributed by atoms with Gasteiger partial charge in [-0.3, -0.25) is 4.90 Å². The van der Waals surface area contributed by atoms with E-state index in [-0.39, 0.29) is 28.2 Å². The van der Waals surface area contributed by atoms with Crippen molar-refractivity contribution in [3.63, 3.8) is 0 Å². The average Bonchev–Trinajstić information content (AvgIpc) is 2.81. The Kier molecular flexibility index (Phi) is 9.73. The number of benzene rings is 3. The zero-order chi connectivity index (χ0) is 21.3. The molecule has 3 aromatic rings. The number of para-hydroxylation sites is 1. The molecule has 0 saturated heterocycles. The molecular formula is C24H26BNO4P. The van der Waals surface area contributed by atoms with Gasteiger partial charge in [-0.1, -0.05) is 78.9 Å². The van der Waals surface area contributed by atoms with Crippen molar-refractivity contribution in [1.82, 2.24) is 0 Å². The van der Waals surface area contributed by atoms with Crippen LogP contribution < -0.4 is 15.5 Å². The Labute approximate surface area is 186 Å². The number of amides is 1. The van der Waals surface area contributed by atoms with Gasteiger partial charge >= 0.3 is 6.09 Å². The van der Waals surface area contributed by atoms with Gasteiger partial charge in [-0.05, 0) is 18.5 Å². The van der Waals surface area contributed by atoms with Crippen molar-refractivity contribution < 1.29 is 19.7 Å². The molecule has 1 amide bonds. The van der Waals surface area contributed by atoms with E-state index in [9.17, 15) is 15.0 Å². The molecule has 3 radical (unpaired) electrons. The smallest absolute Gasteiger partial charge is 0.414 e. The van der Waals surface area contributed by atoms with Gasteiger partial charge in [0.1, 0.15) is 0 Å². The van der Waals surface area contributed by atoms with Crippen molar-refractivity contribution in [2.45, 2.75) is 13.2 Å². The highest BCUT2D eigenvalue weighted by Crippen LogP contribution is 2.33. The first-order valence-corrected chi connectivity index (χ1v) is 11.3. The standard InChI is InChI=1S/C24H26NO4P.B/c1-25(23-19(17-26)9-8-10-20(23)18-27)24(28)29-15-16-30(21-11-4-2-5-12-21)22-13-6-3-7-14-22;/h2-14,26-27H,15-18H2,1H3;. The molecule has 0 aliphatic heterocycles. The van der Waals surface area contributed by atoms with E-state index >= 15 is 0 Å². The van der Waals surface area contributed by atoms with Crippen LogP contribution in [0.2, 0.25) is 0 Å². The second kappa shape index (κ2) is 12.3. The molecule has 0 fully saturated rings. The summed E-state index contributed by atoms with van der Waals surface area (Å²) in [6.45, 7) is -0.184. The summed E-state index contributed by atoms with van der Waals surface area (Å²) < 4.78 is 5.57. The van der Waals surface area contributed by atoms with Crippen LogP contribution in [0.15, 0.2) is 78.9 Å². The molecule has 3 rings (SSSR count). The van der Waals surface area contributed by atoms with Crippen molar-refractivity contribution in [3.05, 3.63) is 90.0 Å². The molecule has 0 aliphatic carbocycles. The first-order valence-electron chi connectivity index (χ1n) is 9.76. The van der Waals surface area contributed by atoms with Crippen molar-refractivity contribution in [2.24, 2.45) is 0 Å². The number of carbonyl (C=O) groups excluding carboxylic acids is 1. The van der Waals surface area contributed by atoms with Crippen molar-refractivity contribution >= 4 is 38.7 Å². The number of carbonyl (C=O) groups is 1. The van der Waals surface area contributed by atoms with E-state index in [1.807, 2.05) is 36.4 Å². The number of aliphatic hydroxyl groups excluding tert-OH is 2. The summed E-state index contributed by atoms with van der Waals surface area (Å²) in [5.41, 5.74) is 1.62. The van der Waals surface area contributed by atoms with Crippen molar-refractivity contribution in [3.8, 4) is 0 Å². The molecule has 5 nitrogen and oxygen atoms in total. The molecule has 0 spiro atoms. The highest BCUT2D eigenvalue weighted by molar-refractivity contribution is 7.73. The quantitative estimate of drug-likeness (QED) is 0.423. The first kappa shape index (κ1) is 24.6. The van der Waals surface area contributed by atoms with E-state index in [0.717, 1.165) is 0 Å². The third-order valence-electron chi connectivity index (χ3n) is 4.83. The number of nitrogens with zero attached hydrogens (tertiary/aromatic N) is 1. The molecule has 2 N–H and O–H groups in total. The Morgan fingerprint density at radius 1 is 0.839 bits per heavy atom. The monoisotopic (exact) mass is 434 g/mol. The minimum atomic E-state index is -0.649. The van der Waals surface area contributed by atoms with Gasteiger partial charge in [0.05, 0.1) is 25.5 Å². The zero-order valence-corrected chi connectivity index (χ0v) is 18.4. The normalized spacial score (nSPS) is 10.5. The maximum absolute atomic E-state index is 12.7. The van der Waals surface area contributed by atoms with Crippen LogP contribution in [0.25, 0.3) is 0 Å². The molecule has 7 heteroatoms. The van der Waals surface area contributed by atoms with Gasteiger partial charge < -0.3 is 14.9 Å². The molecule has 0 atom stereocenters. The predicted octanol–water partition coefficient (Wildman–Crippen LogP) is 3.00. The number of anilines is 1. The van der Waals surface area contributed by atoms with Crippen LogP contribution in [0.3, 0.4) is 0 Å². The fourth-order valence-electron chi connectivity index (χ4n) is 3.37. The number of rotatable bonds is 8. The number of ether oxygens (including phenoxy) is 1. The predicted molar refractivity (Wildman–Crippen MR) is 128 cm³/mol. The number of aliphatic hydroxyl groups is 2. The fourth-order valence-corrected chi connectivity index (χ4v) is 5.52. The van der Waals surface area contributed by atoms with Gasteiger partial charge in [0.2, 0.25) is 0 Å². The molecule has 31 heavy (non-hydrogen) atoms. The Balaban J connectivity index is 0.00000341. The maximum atomic E-state index is 12.7. The summed E-state index contributed by atoms with van der Waals surface area (Å²) in [6.07, 6.45) is 0.193. The topological polar surface area (TPSA) is 70.0 Å². The Morgan fingerprint density at radius 3 is 1.77 bits per heavy atom. The summed E-state index contributed by atoms with van der Waals surface area (Å²) in [5.74, 6) is 0. The van der Waals surface area contributed by atoms with E-state index in [4.69, 9.17) is 4.74 Å². The van der Waals surface area contributed by atoms with Crippen LogP contribution >= 0.6 is 7.92 Å². The lowest BCUT2D eigenvalue weighted by molar-refractivity contribution is 0.162. The van der Waals surface area contributed by atoms with Crippen LogP contribution in [-0.4, -0.2) is 44.5 Å².